The molecule has 0 aromatic heterocycles. The number of piperidine rings is 1. The number of nitrogens with zero attached hydrogens (tertiary/aromatic N) is 2. The minimum Gasteiger partial charge on any atom is -0.480 e. The molecular weight excluding hydrogens is 281 g/mol. The summed E-state index contributed by atoms with van der Waals surface area (Å²) in [6.07, 6.45) is -3.87. The molecule has 0 bridgehead atoms. The van der Waals surface area contributed by atoms with E-state index in [2.05, 4.69) is 0 Å². The zero-order chi connectivity index (χ0) is 15.3. The lowest BCUT2D eigenvalue weighted by atomic mass is 10.1. The van der Waals surface area contributed by atoms with Crippen LogP contribution in [0.25, 0.3) is 0 Å². The van der Waals surface area contributed by atoms with E-state index in [-0.39, 0.29) is 19.2 Å². The molecule has 0 radical (unpaired) electrons. The molecule has 6 nitrogen and oxygen atoms in total. The number of urea groups is 1. The Balaban J connectivity index is 2.37. The van der Waals surface area contributed by atoms with Gasteiger partial charge in [0.05, 0.1) is 6.10 Å². The SMILES string of the molecule is CN(CC(F)(F)F)C(=O)N1CCC(OCC(=O)O)CC1. The molecule has 1 aliphatic rings. The smallest absolute Gasteiger partial charge is 0.406 e. The molecule has 0 aliphatic carbocycles. The van der Waals surface area contributed by atoms with Gasteiger partial charge in [-0.1, -0.05) is 0 Å². The van der Waals surface area contributed by atoms with Crippen LogP contribution in [0.4, 0.5) is 18.0 Å². The number of rotatable bonds is 4. The predicted octanol–water partition coefficient (Wildman–Crippen LogP) is 1.17. The van der Waals surface area contributed by atoms with Gasteiger partial charge in [0, 0.05) is 20.1 Å². The Kier molecular flexibility index (Phi) is 5.61. The van der Waals surface area contributed by atoms with Gasteiger partial charge in [0.25, 0.3) is 0 Å². The van der Waals surface area contributed by atoms with Crippen LogP contribution in [0.5, 0.6) is 0 Å². The number of aliphatic carboxylic acids is 1. The fourth-order valence-electron chi connectivity index (χ4n) is 1.98. The fourth-order valence-corrected chi connectivity index (χ4v) is 1.98. The molecule has 0 aromatic carbocycles. The van der Waals surface area contributed by atoms with Gasteiger partial charge in [-0.15, -0.1) is 0 Å². The molecule has 1 rings (SSSR count). The first-order valence-electron chi connectivity index (χ1n) is 6.09. The molecule has 9 heteroatoms. The van der Waals surface area contributed by atoms with Crippen LogP contribution >= 0.6 is 0 Å². The van der Waals surface area contributed by atoms with Crippen molar-refractivity contribution in [2.75, 3.05) is 33.3 Å². The van der Waals surface area contributed by atoms with E-state index in [0.29, 0.717) is 17.7 Å². The second-order valence-electron chi connectivity index (χ2n) is 4.64. The van der Waals surface area contributed by atoms with Gasteiger partial charge in [-0.25, -0.2) is 9.59 Å². The minimum absolute atomic E-state index is 0.255. The number of likely N-dealkylation sites (tertiary alicyclic amines) is 1. The van der Waals surface area contributed by atoms with Gasteiger partial charge in [-0.05, 0) is 12.8 Å². The van der Waals surface area contributed by atoms with Crippen LogP contribution in [0, 0.1) is 0 Å². The highest BCUT2D eigenvalue weighted by atomic mass is 19.4. The van der Waals surface area contributed by atoms with Crippen LogP contribution < -0.4 is 0 Å². The van der Waals surface area contributed by atoms with E-state index in [9.17, 15) is 22.8 Å². The van der Waals surface area contributed by atoms with E-state index in [4.69, 9.17) is 9.84 Å². The third-order valence-corrected chi connectivity index (χ3v) is 2.90. The summed E-state index contributed by atoms with van der Waals surface area (Å²) in [5.74, 6) is -1.08. The van der Waals surface area contributed by atoms with Crippen LogP contribution in [-0.4, -0.2) is 72.5 Å². The van der Waals surface area contributed by atoms with Crippen molar-refractivity contribution in [3.63, 3.8) is 0 Å². The molecular formula is C11H17F3N2O4. The summed E-state index contributed by atoms with van der Waals surface area (Å²) in [6.45, 7) is -1.19. The quantitative estimate of drug-likeness (QED) is 0.845. The molecule has 0 aromatic rings. The van der Waals surface area contributed by atoms with Gasteiger partial charge < -0.3 is 19.6 Å². The molecule has 1 aliphatic heterocycles. The predicted molar refractivity (Wildman–Crippen MR) is 62.3 cm³/mol. The first-order valence-corrected chi connectivity index (χ1v) is 6.09. The standard InChI is InChI=1S/C11H17F3N2O4/c1-15(7-11(12,13)14)10(19)16-4-2-8(3-5-16)20-6-9(17)18/h8H,2-7H2,1H3,(H,17,18). The van der Waals surface area contributed by atoms with Gasteiger partial charge >= 0.3 is 18.2 Å². The molecule has 1 N–H and O–H groups in total. The first kappa shape index (κ1) is 16.5. The highest BCUT2D eigenvalue weighted by Gasteiger charge is 2.33. The number of carbonyl (C=O) groups is 2. The van der Waals surface area contributed by atoms with Crippen LogP contribution in [-0.2, 0) is 9.53 Å². The maximum absolute atomic E-state index is 12.2. The summed E-state index contributed by atoms with van der Waals surface area (Å²) in [5.41, 5.74) is 0. The van der Waals surface area contributed by atoms with Crippen molar-refractivity contribution in [1.29, 1.82) is 0 Å². The van der Waals surface area contributed by atoms with E-state index >= 15 is 0 Å². The summed E-state index contributed by atoms with van der Waals surface area (Å²) in [5, 5.41) is 8.46. The lowest BCUT2D eigenvalue weighted by Crippen LogP contribution is -2.48. The second-order valence-corrected chi connectivity index (χ2v) is 4.64. The van der Waals surface area contributed by atoms with Crippen molar-refractivity contribution >= 4 is 12.0 Å². The third kappa shape index (κ3) is 5.64. The summed E-state index contributed by atoms with van der Waals surface area (Å²) < 4.78 is 41.6. The van der Waals surface area contributed by atoms with Crippen LogP contribution in [0.3, 0.4) is 0 Å². The summed E-state index contributed by atoms with van der Waals surface area (Å²) in [6, 6.07) is -0.681. The monoisotopic (exact) mass is 298 g/mol. The van der Waals surface area contributed by atoms with E-state index in [0.717, 1.165) is 7.05 Å². The van der Waals surface area contributed by atoms with Gasteiger partial charge in [0.1, 0.15) is 13.2 Å². The normalized spacial score (nSPS) is 17.1. The van der Waals surface area contributed by atoms with Crippen LogP contribution in [0.2, 0.25) is 0 Å². The van der Waals surface area contributed by atoms with Crippen molar-refractivity contribution in [2.45, 2.75) is 25.1 Å². The van der Waals surface area contributed by atoms with Crippen LogP contribution in [0.15, 0.2) is 0 Å². The van der Waals surface area contributed by atoms with Crippen molar-refractivity contribution in [2.24, 2.45) is 0 Å². The number of carbonyl (C=O) groups excluding carboxylic acids is 1. The molecule has 0 saturated carbocycles. The Labute approximate surface area is 114 Å². The van der Waals surface area contributed by atoms with Gasteiger partial charge in [-0.3, -0.25) is 0 Å². The van der Waals surface area contributed by atoms with Gasteiger partial charge in [-0.2, -0.15) is 13.2 Å². The van der Waals surface area contributed by atoms with Gasteiger partial charge in [0.2, 0.25) is 0 Å². The average molecular weight is 298 g/mol. The number of carboxylic acids is 1. The van der Waals surface area contributed by atoms with Crippen LogP contribution in [0.1, 0.15) is 12.8 Å². The van der Waals surface area contributed by atoms with Crippen molar-refractivity contribution in [3.05, 3.63) is 0 Å². The Morgan fingerprint density at radius 3 is 2.35 bits per heavy atom. The number of hydrogen-bond acceptors (Lipinski definition) is 3. The van der Waals surface area contributed by atoms with Crippen molar-refractivity contribution in [1.82, 2.24) is 9.80 Å². The minimum atomic E-state index is -4.42. The lowest BCUT2D eigenvalue weighted by molar-refractivity contribution is -0.145. The zero-order valence-corrected chi connectivity index (χ0v) is 11.0. The zero-order valence-electron chi connectivity index (χ0n) is 11.0. The summed E-state index contributed by atoms with van der Waals surface area (Å²) >= 11 is 0. The van der Waals surface area contributed by atoms with Crippen molar-refractivity contribution < 1.29 is 32.6 Å². The average Bonchev–Trinajstić information content (AvgIpc) is 2.34. The Morgan fingerprint density at radius 1 is 1.35 bits per heavy atom. The Bertz CT molecular complexity index is 354. The number of hydrogen-bond donors (Lipinski definition) is 1. The maximum Gasteiger partial charge on any atom is 0.406 e. The summed E-state index contributed by atoms with van der Waals surface area (Å²) in [4.78, 5) is 24.0. The molecule has 116 valence electrons. The fraction of sp³-hybridized carbons (Fsp3) is 0.818. The third-order valence-electron chi connectivity index (χ3n) is 2.90. The first-order chi connectivity index (χ1) is 9.19. The highest BCUT2D eigenvalue weighted by molar-refractivity contribution is 5.74. The Morgan fingerprint density at radius 2 is 1.90 bits per heavy atom. The van der Waals surface area contributed by atoms with E-state index in [1.165, 1.54) is 4.90 Å². The van der Waals surface area contributed by atoms with Gasteiger partial charge in [0.15, 0.2) is 0 Å². The molecule has 0 unspecified atom stereocenters. The summed E-state index contributed by atoms with van der Waals surface area (Å²) in [7, 11) is 1.10. The van der Waals surface area contributed by atoms with E-state index in [1.54, 1.807) is 0 Å². The maximum atomic E-state index is 12.2. The second kappa shape index (κ2) is 6.78. The molecule has 0 atom stereocenters. The topological polar surface area (TPSA) is 70.1 Å². The van der Waals surface area contributed by atoms with E-state index < -0.39 is 31.3 Å². The molecule has 0 spiro atoms. The molecule has 1 heterocycles. The number of halogens is 3. The number of alkyl halides is 3. The van der Waals surface area contributed by atoms with Crippen molar-refractivity contribution in [3.8, 4) is 0 Å². The molecule has 2 amide bonds. The number of carboxylic acid groups (broad SMARTS) is 1. The molecule has 20 heavy (non-hydrogen) atoms. The number of amides is 2. The van der Waals surface area contributed by atoms with E-state index in [1.807, 2.05) is 0 Å². The number of ether oxygens (including phenoxy) is 1. The highest BCUT2D eigenvalue weighted by Crippen LogP contribution is 2.19. The largest absolute Gasteiger partial charge is 0.480 e. The molecule has 1 fully saturated rings. The molecule has 1 saturated heterocycles. The Hall–Kier alpha value is -1.51. The lowest BCUT2D eigenvalue weighted by Gasteiger charge is -2.34.